The molecule has 1 aromatic rings. The normalized spacial score (nSPS) is 31.9. The molecule has 5 atom stereocenters. The van der Waals surface area contributed by atoms with Crippen LogP contribution in [-0.4, -0.2) is 19.0 Å². The maximum Gasteiger partial charge on any atom is 0.143 e. The highest BCUT2D eigenvalue weighted by Crippen LogP contribution is 2.67. The van der Waals surface area contributed by atoms with Gasteiger partial charge in [-0.15, -0.1) is 0 Å². The Kier molecular flexibility index (Phi) is 5.74. The number of benzene rings is 1. The number of Topliss-reactive ketones (excluding diaryl/α,β-unsaturated/α-hetero) is 1. The number of allylic oxidation sites excluding steroid dienone is 7. The Labute approximate surface area is 196 Å². The van der Waals surface area contributed by atoms with Gasteiger partial charge in [0.15, 0.2) is 0 Å². The van der Waals surface area contributed by atoms with Crippen LogP contribution in [0.1, 0.15) is 31.7 Å². The van der Waals surface area contributed by atoms with Crippen molar-refractivity contribution in [3.8, 4) is 5.75 Å². The first-order valence-corrected chi connectivity index (χ1v) is 12.0. The van der Waals surface area contributed by atoms with E-state index in [4.69, 9.17) is 9.47 Å². The summed E-state index contributed by atoms with van der Waals surface area (Å²) in [7, 11) is 0. The average molecular weight is 441 g/mol. The number of hydrogen-bond donors (Lipinski definition) is 0. The lowest BCUT2D eigenvalue weighted by Crippen LogP contribution is -2.48. The van der Waals surface area contributed by atoms with Gasteiger partial charge in [0, 0.05) is 17.3 Å². The zero-order chi connectivity index (χ0) is 23.0. The predicted molar refractivity (Wildman–Crippen MR) is 132 cm³/mol. The number of fused-ring (bicyclic) bond motifs is 2. The molecule has 2 fully saturated rings. The average Bonchev–Trinajstić information content (AvgIpc) is 3.65. The molecule has 3 nitrogen and oxygen atoms in total. The smallest absolute Gasteiger partial charge is 0.143 e. The fourth-order valence-electron chi connectivity index (χ4n) is 6.26. The second-order valence-electron chi connectivity index (χ2n) is 9.59. The minimum Gasteiger partial charge on any atom is -0.490 e. The third-order valence-corrected chi connectivity index (χ3v) is 7.71. The lowest BCUT2D eigenvalue weighted by atomic mass is 9.53. The van der Waals surface area contributed by atoms with Crippen LogP contribution >= 0.6 is 0 Å². The fraction of sp³-hybridized carbons (Fsp3) is 0.367. The summed E-state index contributed by atoms with van der Waals surface area (Å²) in [5, 5.41) is 0. The third-order valence-electron chi connectivity index (χ3n) is 7.71. The van der Waals surface area contributed by atoms with Crippen molar-refractivity contribution in [1.82, 2.24) is 0 Å². The number of carbonyl (C=O) groups is 1. The van der Waals surface area contributed by atoms with Gasteiger partial charge in [-0.25, -0.2) is 0 Å². The molecule has 33 heavy (non-hydrogen) atoms. The summed E-state index contributed by atoms with van der Waals surface area (Å²) in [6.07, 6.45) is 17.4. The van der Waals surface area contributed by atoms with E-state index >= 15 is 0 Å². The van der Waals surface area contributed by atoms with Gasteiger partial charge in [-0.3, -0.25) is 4.79 Å². The molecule has 5 rings (SSSR count). The molecule has 3 heteroatoms. The molecule has 0 aliphatic heterocycles. The van der Waals surface area contributed by atoms with Gasteiger partial charge < -0.3 is 9.47 Å². The molecule has 0 bridgehead atoms. The maximum absolute atomic E-state index is 13.3. The van der Waals surface area contributed by atoms with Gasteiger partial charge >= 0.3 is 0 Å². The van der Waals surface area contributed by atoms with E-state index in [2.05, 4.69) is 74.7 Å². The molecule has 1 aromatic carbocycles. The highest BCUT2D eigenvalue weighted by molar-refractivity contribution is 5.92. The molecule has 0 aromatic heterocycles. The van der Waals surface area contributed by atoms with Gasteiger partial charge in [-0.05, 0) is 73.4 Å². The Balaban J connectivity index is 1.59. The van der Waals surface area contributed by atoms with Crippen molar-refractivity contribution in [2.75, 3.05) is 13.2 Å². The summed E-state index contributed by atoms with van der Waals surface area (Å²) in [6, 6.07) is 8.57. The first-order chi connectivity index (χ1) is 16.1. The van der Waals surface area contributed by atoms with E-state index in [0.29, 0.717) is 24.9 Å². The van der Waals surface area contributed by atoms with Gasteiger partial charge in [-0.2, -0.15) is 0 Å². The van der Waals surface area contributed by atoms with Crippen molar-refractivity contribution >= 4 is 5.78 Å². The van der Waals surface area contributed by atoms with Gasteiger partial charge in [0.25, 0.3) is 0 Å². The van der Waals surface area contributed by atoms with Gasteiger partial charge in [0.1, 0.15) is 30.5 Å². The summed E-state index contributed by atoms with van der Waals surface area (Å²) < 4.78 is 11.6. The molecule has 2 saturated carbocycles. The quantitative estimate of drug-likeness (QED) is 0.447. The van der Waals surface area contributed by atoms with Crippen LogP contribution in [0.3, 0.4) is 0 Å². The van der Waals surface area contributed by atoms with Crippen LogP contribution in [0, 0.1) is 23.7 Å². The molecule has 5 unspecified atom stereocenters. The van der Waals surface area contributed by atoms with Gasteiger partial charge in [0.05, 0.1) is 0 Å². The number of hydrogen-bond acceptors (Lipinski definition) is 3. The van der Waals surface area contributed by atoms with Crippen LogP contribution < -0.4 is 4.74 Å². The monoisotopic (exact) mass is 440 g/mol. The van der Waals surface area contributed by atoms with E-state index in [9.17, 15) is 4.79 Å². The summed E-state index contributed by atoms with van der Waals surface area (Å²) in [6.45, 7) is 10.6. The number of ketones is 1. The maximum atomic E-state index is 13.3. The molecule has 0 spiro atoms. The van der Waals surface area contributed by atoms with Crippen LogP contribution in [0.5, 0.6) is 5.75 Å². The molecule has 4 aliphatic carbocycles. The third kappa shape index (κ3) is 3.64. The second-order valence-corrected chi connectivity index (χ2v) is 9.59. The molecule has 0 heterocycles. The van der Waals surface area contributed by atoms with Crippen molar-refractivity contribution in [3.05, 3.63) is 102 Å². The number of carbonyl (C=O) groups excluding carboxylic acids is 1. The van der Waals surface area contributed by atoms with Crippen LogP contribution in [-0.2, 0) is 14.9 Å². The summed E-state index contributed by atoms with van der Waals surface area (Å²) in [5.41, 5.74) is 3.67. The van der Waals surface area contributed by atoms with Gasteiger partial charge in [0.2, 0.25) is 0 Å². The van der Waals surface area contributed by atoms with Crippen LogP contribution in [0.4, 0.5) is 0 Å². The highest BCUT2D eigenvalue weighted by Gasteiger charge is 2.66. The minimum atomic E-state index is -0.188. The fourth-order valence-corrected chi connectivity index (χ4v) is 6.26. The molecule has 170 valence electrons. The molecule has 0 N–H and O–H groups in total. The molecule has 0 radical (unpaired) electrons. The van der Waals surface area contributed by atoms with Crippen molar-refractivity contribution < 1.29 is 14.3 Å². The van der Waals surface area contributed by atoms with Crippen molar-refractivity contribution in [3.63, 3.8) is 0 Å². The van der Waals surface area contributed by atoms with Crippen LogP contribution in [0.2, 0.25) is 0 Å². The standard InChI is InChI=1S/C30H32O3/c1-4-16-32-23-11-7-21(8-12-23)30(22-9-13-24(14-10-22)33-17-5-2)27-18-20(3)6-15-25(27)29(31)26-19-28(26)30/h4-9,11-14,18,22,25-26,28H,1-2,10,15-17,19H2,3H3. The lowest BCUT2D eigenvalue weighted by Gasteiger charge is -2.49. The van der Waals surface area contributed by atoms with E-state index in [1.807, 2.05) is 0 Å². The van der Waals surface area contributed by atoms with Gasteiger partial charge in [-0.1, -0.05) is 61.2 Å². The Hall–Kier alpha value is -3.07. The molecule has 0 saturated heterocycles. The Bertz CT molecular complexity index is 1080. The van der Waals surface area contributed by atoms with Crippen LogP contribution in [0.25, 0.3) is 0 Å². The molecule has 0 amide bonds. The van der Waals surface area contributed by atoms with E-state index in [0.717, 1.165) is 30.8 Å². The first kappa shape index (κ1) is 21.8. The van der Waals surface area contributed by atoms with E-state index in [1.165, 1.54) is 16.7 Å². The van der Waals surface area contributed by atoms with E-state index in [1.54, 1.807) is 12.2 Å². The van der Waals surface area contributed by atoms with Crippen LogP contribution in [0.15, 0.2) is 96.9 Å². The zero-order valence-corrected chi connectivity index (χ0v) is 19.3. The minimum absolute atomic E-state index is 0.00932. The Morgan fingerprint density at radius 2 is 1.82 bits per heavy atom. The van der Waals surface area contributed by atoms with Crippen molar-refractivity contribution in [1.29, 1.82) is 0 Å². The number of ether oxygens (including phenoxy) is 2. The second kappa shape index (κ2) is 8.70. The first-order valence-electron chi connectivity index (χ1n) is 12.0. The Morgan fingerprint density at radius 1 is 1.06 bits per heavy atom. The lowest BCUT2D eigenvalue weighted by molar-refractivity contribution is -0.125. The number of rotatable bonds is 8. The summed E-state index contributed by atoms with van der Waals surface area (Å²) >= 11 is 0. The predicted octanol–water partition coefficient (Wildman–Crippen LogP) is 6.26. The molecular weight excluding hydrogens is 408 g/mol. The summed E-state index contributed by atoms with van der Waals surface area (Å²) in [5.74, 6) is 2.98. The van der Waals surface area contributed by atoms with Crippen molar-refractivity contribution in [2.45, 2.75) is 31.6 Å². The zero-order valence-electron chi connectivity index (χ0n) is 19.3. The van der Waals surface area contributed by atoms with E-state index < -0.39 is 0 Å². The summed E-state index contributed by atoms with van der Waals surface area (Å²) in [4.78, 5) is 13.3. The Morgan fingerprint density at radius 3 is 2.52 bits per heavy atom. The molecular formula is C30H32O3. The highest BCUT2D eigenvalue weighted by atomic mass is 16.5. The van der Waals surface area contributed by atoms with E-state index in [-0.39, 0.29) is 23.2 Å². The molecule has 4 aliphatic rings. The topological polar surface area (TPSA) is 35.5 Å². The van der Waals surface area contributed by atoms with Crippen molar-refractivity contribution in [2.24, 2.45) is 23.7 Å². The largest absolute Gasteiger partial charge is 0.490 e. The SMILES string of the molecule is C=CCOC1=CCC(C2(c3ccc(OCC=C)cc3)C3=CC(C)=CCC3C(=O)C3CC32)C=C1.